The van der Waals surface area contributed by atoms with Crippen LogP contribution in [-0.4, -0.2) is 83.3 Å². The fraction of sp³-hybridized carbons (Fsp3) is 0.560. The number of nitrogen functional groups attached to an aromatic ring is 1. The standard InChI is InChI=1S/C25H35N9O2/c26-22(27)21-23(29-19-9-7-17(8-10-19)24(35)33-12-14-36-15-13-33)30-25(32-31-21)34-11-3-6-20(16-34)28-18-4-1-2-5-18/h7-10,18,20,28H,1-6,11-16H2,(H3,26,27)(H,29,30,32)/t20-/m1/s1. The smallest absolute Gasteiger partial charge is 0.254 e. The number of amides is 1. The van der Waals surface area contributed by atoms with Crippen LogP contribution in [-0.2, 0) is 4.74 Å². The number of nitrogens with two attached hydrogens (primary N) is 1. The molecule has 0 spiro atoms. The summed E-state index contributed by atoms with van der Waals surface area (Å²) in [5.41, 5.74) is 7.31. The first kappa shape index (κ1) is 24.4. The Morgan fingerprint density at radius 3 is 2.44 bits per heavy atom. The number of nitrogens with one attached hydrogen (secondary N) is 3. The summed E-state index contributed by atoms with van der Waals surface area (Å²) >= 11 is 0. The van der Waals surface area contributed by atoms with Crippen molar-refractivity contribution in [1.82, 2.24) is 25.4 Å². The summed E-state index contributed by atoms with van der Waals surface area (Å²) in [7, 11) is 0. The monoisotopic (exact) mass is 493 g/mol. The van der Waals surface area contributed by atoms with Crippen molar-refractivity contribution in [2.45, 2.75) is 50.6 Å². The lowest BCUT2D eigenvalue weighted by Crippen LogP contribution is -2.49. The molecule has 1 saturated carbocycles. The van der Waals surface area contributed by atoms with Crippen LogP contribution >= 0.6 is 0 Å². The maximum atomic E-state index is 12.7. The van der Waals surface area contributed by atoms with Crippen LogP contribution in [0.2, 0.25) is 0 Å². The number of nitrogens with zero attached hydrogens (tertiary/aromatic N) is 5. The van der Waals surface area contributed by atoms with E-state index in [4.69, 9.17) is 20.9 Å². The van der Waals surface area contributed by atoms with Crippen molar-refractivity contribution in [2.24, 2.45) is 5.73 Å². The number of carbonyl (C=O) groups is 1. The largest absolute Gasteiger partial charge is 0.382 e. The first-order valence-corrected chi connectivity index (χ1v) is 12.9. The molecule has 1 aromatic heterocycles. The molecular weight excluding hydrogens is 458 g/mol. The van der Waals surface area contributed by atoms with Gasteiger partial charge >= 0.3 is 0 Å². The van der Waals surface area contributed by atoms with Gasteiger partial charge in [-0.25, -0.2) is 0 Å². The molecule has 1 aliphatic carbocycles. The average Bonchev–Trinajstić information content (AvgIpc) is 3.42. The van der Waals surface area contributed by atoms with Crippen LogP contribution < -0.4 is 21.3 Å². The van der Waals surface area contributed by atoms with Gasteiger partial charge in [0.1, 0.15) is 5.84 Å². The van der Waals surface area contributed by atoms with Gasteiger partial charge in [0.2, 0.25) is 5.95 Å². The first-order valence-electron chi connectivity index (χ1n) is 12.9. The van der Waals surface area contributed by atoms with Crippen LogP contribution in [0.15, 0.2) is 24.3 Å². The Bertz CT molecular complexity index is 1070. The zero-order valence-corrected chi connectivity index (χ0v) is 20.6. The number of amidine groups is 1. The van der Waals surface area contributed by atoms with Crippen LogP contribution in [0, 0.1) is 5.41 Å². The Kier molecular flexibility index (Phi) is 7.57. The molecule has 5 rings (SSSR count). The Balaban J connectivity index is 1.29. The fourth-order valence-corrected chi connectivity index (χ4v) is 5.22. The van der Waals surface area contributed by atoms with Crippen molar-refractivity contribution < 1.29 is 9.53 Å². The molecular formula is C25H35N9O2. The zero-order valence-electron chi connectivity index (χ0n) is 20.6. The number of morpholine rings is 1. The minimum absolute atomic E-state index is 0.00821. The molecule has 3 heterocycles. The van der Waals surface area contributed by atoms with Crippen LogP contribution in [0.5, 0.6) is 0 Å². The second-order valence-electron chi connectivity index (χ2n) is 9.76. The van der Waals surface area contributed by atoms with E-state index in [1.807, 2.05) is 12.1 Å². The quantitative estimate of drug-likeness (QED) is 0.335. The van der Waals surface area contributed by atoms with Crippen molar-refractivity contribution in [1.29, 1.82) is 5.41 Å². The van der Waals surface area contributed by atoms with E-state index in [9.17, 15) is 4.79 Å². The fourth-order valence-electron chi connectivity index (χ4n) is 5.22. The normalized spacial score (nSPS) is 20.9. The molecule has 1 amide bonds. The van der Waals surface area contributed by atoms with E-state index in [-0.39, 0.29) is 17.4 Å². The third-order valence-corrected chi connectivity index (χ3v) is 7.15. The molecule has 0 bridgehead atoms. The second-order valence-corrected chi connectivity index (χ2v) is 9.76. The molecule has 192 valence electrons. The molecule has 0 unspecified atom stereocenters. The molecule has 2 aromatic rings. The minimum Gasteiger partial charge on any atom is -0.382 e. The van der Waals surface area contributed by atoms with Crippen molar-refractivity contribution in [3.8, 4) is 0 Å². The molecule has 2 saturated heterocycles. The summed E-state index contributed by atoms with van der Waals surface area (Å²) < 4.78 is 5.33. The highest BCUT2D eigenvalue weighted by atomic mass is 16.5. The second kappa shape index (κ2) is 11.2. The number of rotatable bonds is 7. The Hall–Kier alpha value is -3.31. The van der Waals surface area contributed by atoms with Gasteiger partial charge in [-0.15, -0.1) is 10.2 Å². The number of hydrogen-bond donors (Lipinski definition) is 4. The molecule has 1 aromatic carbocycles. The van der Waals surface area contributed by atoms with E-state index in [1.54, 1.807) is 17.0 Å². The van der Waals surface area contributed by atoms with E-state index in [0.717, 1.165) is 31.6 Å². The SMILES string of the molecule is N=C(N)c1nnc(N2CCC[C@@H](NC3CCCC3)C2)nc1Nc1ccc(C(=O)N2CCOCC2)cc1. The maximum absolute atomic E-state index is 12.7. The number of benzene rings is 1. The van der Waals surface area contributed by atoms with E-state index in [1.165, 1.54) is 25.7 Å². The van der Waals surface area contributed by atoms with Gasteiger partial charge in [0, 0.05) is 49.5 Å². The van der Waals surface area contributed by atoms with Crippen molar-refractivity contribution in [3.63, 3.8) is 0 Å². The van der Waals surface area contributed by atoms with Crippen LogP contribution in [0.3, 0.4) is 0 Å². The van der Waals surface area contributed by atoms with Crippen LogP contribution in [0.25, 0.3) is 0 Å². The van der Waals surface area contributed by atoms with Crippen molar-refractivity contribution in [2.75, 3.05) is 49.6 Å². The zero-order chi connectivity index (χ0) is 24.9. The number of hydrogen-bond acceptors (Lipinski definition) is 9. The van der Waals surface area contributed by atoms with E-state index < -0.39 is 0 Å². The third kappa shape index (κ3) is 5.73. The molecule has 3 fully saturated rings. The van der Waals surface area contributed by atoms with Gasteiger partial charge in [-0.2, -0.15) is 4.98 Å². The highest BCUT2D eigenvalue weighted by Gasteiger charge is 2.26. The average molecular weight is 494 g/mol. The third-order valence-electron chi connectivity index (χ3n) is 7.15. The highest BCUT2D eigenvalue weighted by Crippen LogP contribution is 2.24. The molecule has 36 heavy (non-hydrogen) atoms. The molecule has 11 nitrogen and oxygen atoms in total. The molecule has 5 N–H and O–H groups in total. The summed E-state index contributed by atoms with van der Waals surface area (Å²) in [4.78, 5) is 21.4. The molecule has 0 radical (unpaired) electrons. The van der Waals surface area contributed by atoms with E-state index in [0.29, 0.717) is 55.7 Å². The first-order chi connectivity index (χ1) is 17.6. The summed E-state index contributed by atoms with van der Waals surface area (Å²) in [6.07, 6.45) is 7.34. The van der Waals surface area contributed by atoms with Crippen molar-refractivity contribution in [3.05, 3.63) is 35.5 Å². The van der Waals surface area contributed by atoms with Gasteiger partial charge in [-0.1, -0.05) is 12.8 Å². The predicted molar refractivity (Wildman–Crippen MR) is 138 cm³/mol. The lowest BCUT2D eigenvalue weighted by molar-refractivity contribution is 0.0303. The summed E-state index contributed by atoms with van der Waals surface area (Å²) in [6, 6.07) is 8.24. The van der Waals surface area contributed by atoms with Crippen molar-refractivity contribution >= 4 is 29.2 Å². The minimum atomic E-state index is -0.206. The van der Waals surface area contributed by atoms with Gasteiger partial charge in [0.25, 0.3) is 5.91 Å². The van der Waals surface area contributed by atoms with Gasteiger partial charge in [-0.05, 0) is 49.9 Å². The highest BCUT2D eigenvalue weighted by molar-refractivity contribution is 5.98. The Morgan fingerprint density at radius 2 is 1.72 bits per heavy atom. The molecule has 2 aliphatic heterocycles. The van der Waals surface area contributed by atoms with Crippen LogP contribution in [0.4, 0.5) is 17.5 Å². The van der Waals surface area contributed by atoms with Gasteiger partial charge in [-0.3, -0.25) is 10.2 Å². The van der Waals surface area contributed by atoms with Gasteiger partial charge in [0.15, 0.2) is 11.5 Å². The summed E-state index contributed by atoms with van der Waals surface area (Å²) in [5.74, 6) is 0.693. The predicted octanol–water partition coefficient (Wildman–Crippen LogP) is 1.87. The number of anilines is 3. The van der Waals surface area contributed by atoms with E-state index >= 15 is 0 Å². The maximum Gasteiger partial charge on any atom is 0.254 e. The topological polar surface area (TPSA) is 145 Å². The summed E-state index contributed by atoms with van der Waals surface area (Å²) in [5, 5.41) is 23.5. The number of aromatic nitrogens is 3. The molecule has 1 atom stereocenters. The number of carbonyl (C=O) groups excluding carboxylic acids is 1. The van der Waals surface area contributed by atoms with Gasteiger partial charge < -0.3 is 30.9 Å². The lowest BCUT2D eigenvalue weighted by Gasteiger charge is -2.34. The molecule has 3 aliphatic rings. The Labute approximate surface area is 211 Å². The number of ether oxygens (including phenoxy) is 1. The Morgan fingerprint density at radius 1 is 1.00 bits per heavy atom. The number of piperidine rings is 1. The lowest BCUT2D eigenvalue weighted by atomic mass is 10.0. The van der Waals surface area contributed by atoms with E-state index in [2.05, 4.69) is 25.7 Å². The van der Waals surface area contributed by atoms with Gasteiger partial charge in [0.05, 0.1) is 13.2 Å². The summed E-state index contributed by atoms with van der Waals surface area (Å²) in [6.45, 7) is 4.03. The van der Waals surface area contributed by atoms with Crippen LogP contribution in [0.1, 0.15) is 54.6 Å². The molecule has 11 heteroatoms.